The Morgan fingerprint density at radius 3 is 2.95 bits per heavy atom. The van der Waals surface area contributed by atoms with Crippen molar-refractivity contribution in [2.24, 2.45) is 11.7 Å². The monoisotopic (exact) mass is 290 g/mol. The van der Waals surface area contributed by atoms with E-state index in [4.69, 9.17) is 5.73 Å². The summed E-state index contributed by atoms with van der Waals surface area (Å²) in [5.41, 5.74) is 7.03. The Balaban J connectivity index is 1.82. The lowest BCUT2D eigenvalue weighted by Crippen LogP contribution is -2.37. The summed E-state index contributed by atoms with van der Waals surface area (Å²) in [6.45, 7) is 0.631. The molecule has 0 radical (unpaired) electrons. The van der Waals surface area contributed by atoms with Gasteiger partial charge in [0.1, 0.15) is 12.1 Å². The molecule has 1 aliphatic rings. The molecule has 0 saturated heterocycles. The average molecular weight is 290 g/mol. The highest BCUT2D eigenvalue weighted by molar-refractivity contribution is 5.52. The maximum atomic E-state index is 14.0. The van der Waals surface area contributed by atoms with Crippen LogP contribution < -0.4 is 11.1 Å². The molecule has 0 spiro atoms. The van der Waals surface area contributed by atoms with Crippen molar-refractivity contribution >= 4 is 5.69 Å². The number of hydrogen-bond acceptors (Lipinski definition) is 5. The number of anilines is 1. The van der Waals surface area contributed by atoms with Gasteiger partial charge in [-0.2, -0.15) is 0 Å². The second-order valence-electron chi connectivity index (χ2n) is 5.45. The van der Waals surface area contributed by atoms with E-state index >= 15 is 0 Å². The quantitative estimate of drug-likeness (QED) is 0.896. The largest absolute Gasteiger partial charge is 0.380 e. The molecule has 7 heteroatoms. The zero-order chi connectivity index (χ0) is 14.7. The van der Waals surface area contributed by atoms with Gasteiger partial charge in [-0.1, -0.05) is 12.8 Å². The van der Waals surface area contributed by atoms with Crippen LogP contribution in [0.2, 0.25) is 0 Å². The maximum absolute atomic E-state index is 14.0. The molecule has 2 unspecified atom stereocenters. The third-order valence-corrected chi connectivity index (χ3v) is 4.12. The van der Waals surface area contributed by atoms with Gasteiger partial charge in [-0.3, -0.25) is 0 Å². The minimum Gasteiger partial charge on any atom is -0.380 e. The zero-order valence-corrected chi connectivity index (χ0v) is 11.7. The Morgan fingerprint density at radius 1 is 1.33 bits per heavy atom. The van der Waals surface area contributed by atoms with Crippen LogP contribution in [0, 0.1) is 11.7 Å². The normalized spacial score (nSPS) is 22.2. The summed E-state index contributed by atoms with van der Waals surface area (Å²) < 4.78 is 15.5. The summed E-state index contributed by atoms with van der Waals surface area (Å²) in [6.07, 6.45) is 5.97. The Bertz CT molecular complexity index is 585. The molecular weight excluding hydrogens is 271 g/mol. The molecule has 6 nitrogen and oxygen atoms in total. The first-order valence-electron chi connectivity index (χ1n) is 7.27. The van der Waals surface area contributed by atoms with Crippen LogP contribution in [-0.2, 0) is 0 Å². The summed E-state index contributed by atoms with van der Waals surface area (Å²) >= 11 is 0. The Labute approximate surface area is 122 Å². The van der Waals surface area contributed by atoms with Gasteiger partial charge < -0.3 is 11.1 Å². The molecule has 1 aromatic carbocycles. The first-order valence-corrected chi connectivity index (χ1v) is 7.27. The molecule has 1 heterocycles. The van der Waals surface area contributed by atoms with E-state index in [0.717, 1.165) is 24.9 Å². The van der Waals surface area contributed by atoms with Crippen molar-refractivity contribution in [1.29, 1.82) is 0 Å². The number of aromatic nitrogens is 4. The molecule has 1 aromatic heterocycles. The fourth-order valence-electron chi connectivity index (χ4n) is 2.93. The van der Waals surface area contributed by atoms with Crippen molar-refractivity contribution in [2.75, 3.05) is 11.9 Å². The van der Waals surface area contributed by atoms with Crippen LogP contribution in [0.3, 0.4) is 0 Å². The summed E-state index contributed by atoms with van der Waals surface area (Å²) in [5, 5.41) is 14.3. The SMILES string of the molecule is NCC1CCCCC1Nc1cc(-n2cnnn2)ccc1F. The van der Waals surface area contributed by atoms with E-state index < -0.39 is 0 Å². The van der Waals surface area contributed by atoms with E-state index in [1.807, 2.05) is 0 Å². The van der Waals surface area contributed by atoms with Crippen LogP contribution in [0.1, 0.15) is 25.7 Å². The van der Waals surface area contributed by atoms with Gasteiger partial charge in [-0.15, -0.1) is 5.10 Å². The number of nitrogens with one attached hydrogen (secondary N) is 1. The fraction of sp³-hybridized carbons (Fsp3) is 0.500. The van der Waals surface area contributed by atoms with Gasteiger partial charge in [0, 0.05) is 6.04 Å². The highest BCUT2D eigenvalue weighted by atomic mass is 19.1. The molecule has 1 fully saturated rings. The molecule has 3 rings (SSSR count). The minimum absolute atomic E-state index is 0.224. The Morgan fingerprint density at radius 2 is 2.19 bits per heavy atom. The smallest absolute Gasteiger partial charge is 0.146 e. The Hall–Kier alpha value is -2.02. The summed E-state index contributed by atoms with van der Waals surface area (Å²) in [6, 6.07) is 5.04. The van der Waals surface area contributed by atoms with Gasteiger partial charge in [0.05, 0.1) is 11.4 Å². The highest BCUT2D eigenvalue weighted by Gasteiger charge is 2.24. The summed E-state index contributed by atoms with van der Waals surface area (Å²) in [5.74, 6) is 0.128. The van der Waals surface area contributed by atoms with Gasteiger partial charge in [-0.25, -0.2) is 9.07 Å². The van der Waals surface area contributed by atoms with Crippen molar-refractivity contribution in [2.45, 2.75) is 31.7 Å². The highest BCUT2D eigenvalue weighted by Crippen LogP contribution is 2.28. The third kappa shape index (κ3) is 3.02. The molecule has 1 aliphatic carbocycles. The van der Waals surface area contributed by atoms with Gasteiger partial charge >= 0.3 is 0 Å². The first-order chi connectivity index (χ1) is 10.3. The predicted molar refractivity (Wildman–Crippen MR) is 77.5 cm³/mol. The number of rotatable bonds is 4. The van der Waals surface area contributed by atoms with Crippen molar-refractivity contribution < 1.29 is 4.39 Å². The average Bonchev–Trinajstić information content (AvgIpc) is 3.04. The van der Waals surface area contributed by atoms with Crippen LogP contribution in [0.15, 0.2) is 24.5 Å². The lowest BCUT2D eigenvalue weighted by atomic mass is 9.84. The molecule has 2 aromatic rings. The van der Waals surface area contributed by atoms with Gasteiger partial charge in [0.25, 0.3) is 0 Å². The molecule has 112 valence electrons. The van der Waals surface area contributed by atoms with Gasteiger partial charge in [0.2, 0.25) is 0 Å². The lowest BCUT2D eigenvalue weighted by molar-refractivity contribution is 0.332. The van der Waals surface area contributed by atoms with E-state index in [9.17, 15) is 4.39 Å². The number of nitrogens with zero attached hydrogens (tertiary/aromatic N) is 4. The Kier molecular flexibility index (Phi) is 4.10. The molecule has 0 aliphatic heterocycles. The first kappa shape index (κ1) is 13.9. The number of hydrogen-bond donors (Lipinski definition) is 2. The van der Waals surface area contributed by atoms with Gasteiger partial charge in [0.15, 0.2) is 0 Å². The molecule has 0 amide bonds. The van der Waals surface area contributed by atoms with Crippen molar-refractivity contribution in [3.8, 4) is 5.69 Å². The van der Waals surface area contributed by atoms with E-state index in [0.29, 0.717) is 18.2 Å². The van der Waals surface area contributed by atoms with E-state index in [1.54, 1.807) is 12.1 Å². The minimum atomic E-state index is -0.270. The molecule has 1 saturated carbocycles. The number of halogens is 1. The van der Waals surface area contributed by atoms with Crippen molar-refractivity contribution in [1.82, 2.24) is 20.2 Å². The topological polar surface area (TPSA) is 81.6 Å². The lowest BCUT2D eigenvalue weighted by Gasteiger charge is -2.32. The van der Waals surface area contributed by atoms with E-state index in [2.05, 4.69) is 20.8 Å². The molecular formula is C14H19FN6. The maximum Gasteiger partial charge on any atom is 0.146 e. The van der Waals surface area contributed by atoms with Crippen LogP contribution in [0.25, 0.3) is 5.69 Å². The van der Waals surface area contributed by atoms with Crippen LogP contribution in [0.4, 0.5) is 10.1 Å². The van der Waals surface area contributed by atoms with Crippen molar-refractivity contribution in [3.05, 3.63) is 30.3 Å². The number of nitrogens with two attached hydrogens (primary N) is 1. The fourth-order valence-corrected chi connectivity index (χ4v) is 2.93. The van der Waals surface area contributed by atoms with Crippen LogP contribution in [-0.4, -0.2) is 32.8 Å². The van der Waals surface area contributed by atoms with Gasteiger partial charge in [-0.05, 0) is 53.9 Å². The van der Waals surface area contributed by atoms with Crippen LogP contribution in [0.5, 0.6) is 0 Å². The number of benzene rings is 1. The van der Waals surface area contributed by atoms with E-state index in [-0.39, 0.29) is 11.9 Å². The van der Waals surface area contributed by atoms with Crippen LogP contribution >= 0.6 is 0 Å². The summed E-state index contributed by atoms with van der Waals surface area (Å²) in [7, 11) is 0. The van der Waals surface area contributed by atoms with E-state index in [1.165, 1.54) is 23.5 Å². The molecule has 0 bridgehead atoms. The second kappa shape index (κ2) is 6.17. The standard InChI is InChI=1S/C14H19FN6/c15-12-6-5-11(21-9-17-19-20-21)7-14(12)18-13-4-2-1-3-10(13)8-16/h5-7,9-10,13,18H,1-4,8,16H2. The van der Waals surface area contributed by atoms with Crippen molar-refractivity contribution in [3.63, 3.8) is 0 Å². The third-order valence-electron chi connectivity index (χ3n) is 4.12. The number of tetrazole rings is 1. The predicted octanol–water partition coefficient (Wildman–Crippen LogP) is 1.73. The zero-order valence-electron chi connectivity index (χ0n) is 11.7. The molecule has 2 atom stereocenters. The summed E-state index contributed by atoms with van der Waals surface area (Å²) in [4.78, 5) is 0. The molecule has 3 N–H and O–H groups in total. The molecule has 21 heavy (non-hydrogen) atoms. The second-order valence-corrected chi connectivity index (χ2v) is 5.45.